The molecular weight excluding hydrogens is 251 g/mol. The number of methoxy groups -OCH3 is 2. The molecule has 0 saturated carbocycles. The van der Waals surface area contributed by atoms with Crippen LogP contribution in [0.4, 0.5) is 4.39 Å². The van der Waals surface area contributed by atoms with E-state index in [1.54, 1.807) is 6.92 Å². The Labute approximate surface area is 111 Å². The SMILES string of the molecule is CCCC(=O)C(F)C(=O)c1ccc(OC)cc1OC. The molecule has 1 aromatic carbocycles. The number of hydrogen-bond acceptors (Lipinski definition) is 4. The monoisotopic (exact) mass is 268 g/mol. The number of hydrogen-bond donors (Lipinski definition) is 0. The van der Waals surface area contributed by atoms with Crippen molar-refractivity contribution in [1.29, 1.82) is 0 Å². The lowest BCUT2D eigenvalue weighted by Gasteiger charge is -2.11. The maximum Gasteiger partial charge on any atom is 0.220 e. The predicted octanol–water partition coefficient (Wildman–Crippen LogP) is 2.59. The standard InChI is InChI=1S/C14H17FO4/c1-4-5-11(16)13(15)14(17)10-7-6-9(18-2)8-12(10)19-3/h6-8,13H,4-5H2,1-3H3. The summed E-state index contributed by atoms with van der Waals surface area (Å²) in [5.74, 6) is -0.900. The minimum atomic E-state index is -2.14. The average Bonchev–Trinajstić information content (AvgIpc) is 2.45. The van der Waals surface area contributed by atoms with E-state index in [1.165, 1.54) is 32.4 Å². The quantitative estimate of drug-likeness (QED) is 0.563. The van der Waals surface area contributed by atoms with Gasteiger partial charge in [-0.3, -0.25) is 9.59 Å². The zero-order chi connectivity index (χ0) is 14.4. The highest BCUT2D eigenvalue weighted by atomic mass is 19.1. The van der Waals surface area contributed by atoms with Gasteiger partial charge in [-0.05, 0) is 18.6 Å². The van der Waals surface area contributed by atoms with Gasteiger partial charge in [-0.1, -0.05) is 6.92 Å². The van der Waals surface area contributed by atoms with Crippen molar-refractivity contribution in [3.63, 3.8) is 0 Å². The summed E-state index contributed by atoms with van der Waals surface area (Å²) in [5, 5.41) is 0. The third-order valence-corrected chi connectivity index (χ3v) is 2.68. The Morgan fingerprint density at radius 3 is 2.47 bits per heavy atom. The van der Waals surface area contributed by atoms with Gasteiger partial charge in [-0.15, -0.1) is 0 Å². The van der Waals surface area contributed by atoms with Crippen molar-refractivity contribution in [2.75, 3.05) is 14.2 Å². The molecule has 0 N–H and O–H groups in total. The Balaban J connectivity index is 3.02. The van der Waals surface area contributed by atoms with Crippen LogP contribution in [0.1, 0.15) is 30.1 Å². The molecule has 0 fully saturated rings. The lowest BCUT2D eigenvalue weighted by Crippen LogP contribution is -2.26. The van der Waals surface area contributed by atoms with Crippen molar-refractivity contribution in [2.45, 2.75) is 25.9 Å². The minimum absolute atomic E-state index is 0.0419. The number of benzene rings is 1. The van der Waals surface area contributed by atoms with Crippen molar-refractivity contribution < 1.29 is 23.5 Å². The van der Waals surface area contributed by atoms with E-state index >= 15 is 0 Å². The van der Waals surface area contributed by atoms with Crippen LogP contribution in [0.15, 0.2) is 18.2 Å². The van der Waals surface area contributed by atoms with Gasteiger partial charge in [-0.25, -0.2) is 4.39 Å². The molecule has 0 radical (unpaired) electrons. The number of ketones is 2. The summed E-state index contributed by atoms with van der Waals surface area (Å²) in [5.41, 5.74) is 0.0419. The van der Waals surface area contributed by atoms with Crippen LogP contribution in [0.3, 0.4) is 0 Å². The van der Waals surface area contributed by atoms with Gasteiger partial charge < -0.3 is 9.47 Å². The number of ether oxygens (including phenoxy) is 2. The van der Waals surface area contributed by atoms with E-state index < -0.39 is 17.7 Å². The molecule has 1 atom stereocenters. The molecular formula is C14H17FO4. The number of halogens is 1. The molecule has 1 unspecified atom stereocenters. The molecule has 0 aliphatic rings. The zero-order valence-electron chi connectivity index (χ0n) is 11.2. The molecule has 0 aromatic heterocycles. The number of carbonyl (C=O) groups excluding carboxylic acids is 2. The molecule has 4 nitrogen and oxygen atoms in total. The summed E-state index contributed by atoms with van der Waals surface area (Å²) in [6.45, 7) is 1.75. The summed E-state index contributed by atoms with van der Waals surface area (Å²) in [6, 6.07) is 4.39. The maximum absolute atomic E-state index is 13.8. The number of carbonyl (C=O) groups is 2. The molecule has 5 heteroatoms. The Kier molecular flexibility index (Phi) is 5.48. The molecule has 0 amide bonds. The largest absolute Gasteiger partial charge is 0.497 e. The van der Waals surface area contributed by atoms with Gasteiger partial charge in [0.25, 0.3) is 0 Å². The van der Waals surface area contributed by atoms with Gasteiger partial charge >= 0.3 is 0 Å². The van der Waals surface area contributed by atoms with Crippen LogP contribution in [0.5, 0.6) is 11.5 Å². The summed E-state index contributed by atoms with van der Waals surface area (Å²) < 4.78 is 23.8. The van der Waals surface area contributed by atoms with Gasteiger partial charge in [-0.2, -0.15) is 0 Å². The molecule has 0 heterocycles. The molecule has 1 aromatic rings. The molecule has 0 aliphatic heterocycles. The fourth-order valence-electron chi connectivity index (χ4n) is 1.66. The molecule has 0 saturated heterocycles. The molecule has 104 valence electrons. The second-order valence-corrected chi connectivity index (χ2v) is 4.01. The van der Waals surface area contributed by atoms with Crippen LogP contribution >= 0.6 is 0 Å². The number of Topliss-reactive ketones (excluding diaryl/α,β-unsaturated/α-hetero) is 2. The third kappa shape index (κ3) is 3.53. The highest BCUT2D eigenvalue weighted by Crippen LogP contribution is 2.26. The highest BCUT2D eigenvalue weighted by molar-refractivity contribution is 6.14. The van der Waals surface area contributed by atoms with Gasteiger partial charge in [0, 0.05) is 12.5 Å². The summed E-state index contributed by atoms with van der Waals surface area (Å²) in [4.78, 5) is 23.3. The van der Waals surface area contributed by atoms with Crippen molar-refractivity contribution in [2.24, 2.45) is 0 Å². The Bertz CT molecular complexity index is 471. The molecule has 0 bridgehead atoms. The fraction of sp³-hybridized carbons (Fsp3) is 0.429. The second-order valence-electron chi connectivity index (χ2n) is 4.01. The lowest BCUT2D eigenvalue weighted by atomic mass is 10.0. The molecule has 1 rings (SSSR count). The summed E-state index contributed by atoms with van der Waals surface area (Å²) >= 11 is 0. The Morgan fingerprint density at radius 1 is 1.26 bits per heavy atom. The van der Waals surface area contributed by atoms with E-state index in [2.05, 4.69) is 0 Å². The summed E-state index contributed by atoms with van der Waals surface area (Å²) in [7, 11) is 2.84. The Morgan fingerprint density at radius 2 is 1.95 bits per heavy atom. The van der Waals surface area contributed by atoms with E-state index in [9.17, 15) is 14.0 Å². The second kappa shape index (κ2) is 6.87. The van der Waals surface area contributed by atoms with Crippen LogP contribution < -0.4 is 9.47 Å². The number of alkyl halides is 1. The average molecular weight is 268 g/mol. The van der Waals surface area contributed by atoms with Crippen LogP contribution in [-0.4, -0.2) is 32.0 Å². The maximum atomic E-state index is 13.8. The first-order valence-electron chi connectivity index (χ1n) is 5.98. The number of rotatable bonds is 7. The van der Waals surface area contributed by atoms with Crippen LogP contribution in [-0.2, 0) is 4.79 Å². The van der Waals surface area contributed by atoms with E-state index in [4.69, 9.17) is 9.47 Å². The Hall–Kier alpha value is -1.91. The minimum Gasteiger partial charge on any atom is -0.497 e. The third-order valence-electron chi connectivity index (χ3n) is 2.68. The van der Waals surface area contributed by atoms with Gasteiger partial charge in [0.2, 0.25) is 12.0 Å². The first kappa shape index (κ1) is 15.1. The van der Waals surface area contributed by atoms with Gasteiger partial charge in [0.05, 0.1) is 19.8 Å². The van der Waals surface area contributed by atoms with E-state index in [0.29, 0.717) is 12.2 Å². The van der Waals surface area contributed by atoms with E-state index in [1.807, 2.05) is 0 Å². The zero-order valence-corrected chi connectivity index (χ0v) is 11.2. The molecule has 0 aliphatic carbocycles. The topological polar surface area (TPSA) is 52.6 Å². The first-order valence-corrected chi connectivity index (χ1v) is 5.98. The van der Waals surface area contributed by atoms with E-state index in [0.717, 1.165) is 0 Å². The van der Waals surface area contributed by atoms with Gasteiger partial charge in [0.1, 0.15) is 11.5 Å². The van der Waals surface area contributed by atoms with Crippen molar-refractivity contribution in [3.05, 3.63) is 23.8 Å². The summed E-state index contributed by atoms with van der Waals surface area (Å²) in [6.07, 6.45) is -1.58. The van der Waals surface area contributed by atoms with Crippen LogP contribution in [0.2, 0.25) is 0 Å². The fourth-order valence-corrected chi connectivity index (χ4v) is 1.66. The molecule has 0 spiro atoms. The van der Waals surface area contributed by atoms with Crippen LogP contribution in [0.25, 0.3) is 0 Å². The predicted molar refractivity (Wildman–Crippen MR) is 68.7 cm³/mol. The van der Waals surface area contributed by atoms with Crippen molar-refractivity contribution in [3.8, 4) is 11.5 Å². The normalized spacial score (nSPS) is 11.8. The molecule has 19 heavy (non-hydrogen) atoms. The lowest BCUT2D eigenvalue weighted by molar-refractivity contribution is -0.122. The first-order chi connectivity index (χ1) is 9.04. The van der Waals surface area contributed by atoms with Crippen molar-refractivity contribution >= 4 is 11.6 Å². The smallest absolute Gasteiger partial charge is 0.220 e. The van der Waals surface area contributed by atoms with E-state index in [-0.39, 0.29) is 17.7 Å². The highest BCUT2D eigenvalue weighted by Gasteiger charge is 2.28. The van der Waals surface area contributed by atoms with Gasteiger partial charge in [0.15, 0.2) is 5.78 Å². The van der Waals surface area contributed by atoms with Crippen LogP contribution in [0, 0.1) is 0 Å². The van der Waals surface area contributed by atoms with Crippen molar-refractivity contribution in [1.82, 2.24) is 0 Å².